The molecule has 0 bridgehead atoms. The Morgan fingerprint density at radius 2 is 1.79 bits per heavy atom. The van der Waals surface area contributed by atoms with Gasteiger partial charge in [-0.05, 0) is 81.2 Å². The number of piperidine rings is 2. The highest BCUT2D eigenvalue weighted by molar-refractivity contribution is 6.42. The van der Waals surface area contributed by atoms with Gasteiger partial charge in [0.05, 0.1) is 15.6 Å². The van der Waals surface area contributed by atoms with Gasteiger partial charge in [-0.3, -0.25) is 14.5 Å². The number of nitrogens with one attached hydrogen (secondary N) is 1. The Bertz CT molecular complexity index is 1340. The minimum Gasteiger partial charge on any atom is -0.340 e. The molecule has 3 aliphatic heterocycles. The molecule has 3 atom stereocenters. The first-order valence-electron chi connectivity index (χ1n) is 14.7. The summed E-state index contributed by atoms with van der Waals surface area (Å²) in [5.41, 5.74) is -0.0522. The number of hydrogen-bond acceptors (Lipinski definition) is 4. The van der Waals surface area contributed by atoms with E-state index in [0.717, 1.165) is 56.6 Å². The molecule has 3 saturated heterocycles. The van der Waals surface area contributed by atoms with E-state index in [1.54, 1.807) is 24.1 Å². The quantitative estimate of drug-likeness (QED) is 0.379. The van der Waals surface area contributed by atoms with Crippen molar-refractivity contribution >= 4 is 35.0 Å². The molecular formula is C31H36Cl2F4N4O2. The van der Waals surface area contributed by atoms with Crippen LogP contribution in [0.25, 0.3) is 0 Å². The van der Waals surface area contributed by atoms with Gasteiger partial charge in [0.25, 0.3) is 0 Å². The zero-order valence-corrected chi connectivity index (χ0v) is 25.5. The highest BCUT2D eigenvalue weighted by Crippen LogP contribution is 2.37. The van der Waals surface area contributed by atoms with Crippen molar-refractivity contribution in [2.45, 2.75) is 62.8 Å². The first-order valence-corrected chi connectivity index (χ1v) is 15.5. The van der Waals surface area contributed by atoms with Crippen molar-refractivity contribution in [1.29, 1.82) is 0 Å². The molecule has 43 heavy (non-hydrogen) atoms. The molecule has 0 radical (unpaired) electrons. The Balaban J connectivity index is 1.32. The van der Waals surface area contributed by atoms with Gasteiger partial charge in [-0.15, -0.1) is 0 Å². The third kappa shape index (κ3) is 7.30. The van der Waals surface area contributed by atoms with Crippen LogP contribution in [0.2, 0.25) is 10.0 Å². The number of hydrogen-bond donors (Lipinski definition) is 1. The second-order valence-corrected chi connectivity index (χ2v) is 12.7. The molecule has 12 heteroatoms. The van der Waals surface area contributed by atoms with Crippen molar-refractivity contribution in [2.75, 3.05) is 39.8 Å². The van der Waals surface area contributed by atoms with E-state index in [2.05, 4.69) is 5.32 Å². The van der Waals surface area contributed by atoms with Crippen molar-refractivity contribution < 1.29 is 27.2 Å². The maximum atomic E-state index is 14.3. The van der Waals surface area contributed by atoms with E-state index in [1.807, 2.05) is 15.9 Å². The first kappa shape index (κ1) is 32.0. The number of rotatable bonds is 7. The Labute approximate surface area is 259 Å². The number of halogens is 6. The van der Waals surface area contributed by atoms with Crippen molar-refractivity contribution in [1.82, 2.24) is 20.0 Å². The molecular weight excluding hydrogens is 607 g/mol. The maximum Gasteiger partial charge on any atom is 0.419 e. The number of amides is 2. The van der Waals surface area contributed by atoms with E-state index in [-0.39, 0.29) is 48.7 Å². The number of carbonyl (C=O) groups is 2. The lowest BCUT2D eigenvalue weighted by atomic mass is 9.90. The minimum atomic E-state index is -4.77. The number of carbonyl (C=O) groups excluding carboxylic acids is 2. The molecule has 2 aromatic carbocycles. The van der Waals surface area contributed by atoms with E-state index in [9.17, 15) is 27.2 Å². The SMILES string of the molecule is CN(Cc1ccc(C(F)(F)F)c(F)c1)C1CN(C(=O)C[C@H]2CCCN(C3CCNCC3)C2=O)CC1c1ccc(Cl)c(Cl)c1. The van der Waals surface area contributed by atoms with Crippen LogP contribution in [-0.4, -0.2) is 78.4 Å². The van der Waals surface area contributed by atoms with Crippen molar-refractivity contribution in [3.05, 3.63) is 69.0 Å². The van der Waals surface area contributed by atoms with Crippen molar-refractivity contribution in [3.8, 4) is 0 Å². The molecule has 3 aliphatic rings. The summed E-state index contributed by atoms with van der Waals surface area (Å²) in [5.74, 6) is -1.90. The number of likely N-dealkylation sites (N-methyl/N-ethyl adjacent to an activating group) is 1. The lowest BCUT2D eigenvalue weighted by Crippen LogP contribution is -2.51. The normalized spacial score (nSPS) is 23.8. The van der Waals surface area contributed by atoms with E-state index in [0.29, 0.717) is 35.1 Å². The van der Waals surface area contributed by atoms with E-state index in [4.69, 9.17) is 23.2 Å². The Hall–Kier alpha value is -2.40. The number of likely N-dealkylation sites (tertiary alicyclic amines) is 2. The second kappa shape index (κ2) is 13.3. The molecule has 0 aromatic heterocycles. The van der Waals surface area contributed by atoms with Crippen LogP contribution in [0.5, 0.6) is 0 Å². The summed E-state index contributed by atoms with van der Waals surface area (Å²) >= 11 is 12.5. The molecule has 2 amide bonds. The highest BCUT2D eigenvalue weighted by atomic mass is 35.5. The molecule has 2 unspecified atom stereocenters. The smallest absolute Gasteiger partial charge is 0.340 e. The average molecular weight is 644 g/mol. The molecule has 3 heterocycles. The van der Waals surface area contributed by atoms with Gasteiger partial charge in [0.2, 0.25) is 11.8 Å². The summed E-state index contributed by atoms with van der Waals surface area (Å²) in [6.45, 7) is 3.40. The number of benzene rings is 2. The molecule has 234 valence electrons. The van der Waals surface area contributed by atoms with Crippen LogP contribution in [0.3, 0.4) is 0 Å². The lowest BCUT2D eigenvalue weighted by Gasteiger charge is -2.40. The van der Waals surface area contributed by atoms with Crippen LogP contribution >= 0.6 is 23.2 Å². The standard InChI is InChI=1S/C31H36Cl2F4N4O2/c1-39(16-19-4-6-24(27(34)13-19)31(35,36)37)28-18-40(17-23(28)20-5-7-25(32)26(33)14-20)29(42)15-21-3-2-12-41(30(21)43)22-8-10-38-11-9-22/h4-7,13-14,21-23,28,38H,2-3,8-12,15-18H2,1H3/t21-,23?,28?/m1/s1. The monoisotopic (exact) mass is 642 g/mol. The summed E-state index contributed by atoms with van der Waals surface area (Å²) in [5, 5.41) is 4.11. The third-order valence-corrected chi connectivity index (χ3v) is 9.84. The van der Waals surface area contributed by atoms with Gasteiger partial charge in [-0.1, -0.05) is 35.3 Å². The molecule has 2 aromatic rings. The van der Waals surface area contributed by atoms with Gasteiger partial charge in [0, 0.05) is 56.5 Å². The topological polar surface area (TPSA) is 55.9 Å². The molecule has 3 fully saturated rings. The summed E-state index contributed by atoms with van der Waals surface area (Å²) < 4.78 is 53.6. The molecule has 0 aliphatic carbocycles. The summed E-state index contributed by atoms with van der Waals surface area (Å²) in [4.78, 5) is 32.7. The predicted octanol–water partition coefficient (Wildman–Crippen LogP) is 5.96. The fourth-order valence-electron chi connectivity index (χ4n) is 6.79. The first-order chi connectivity index (χ1) is 20.4. The zero-order chi connectivity index (χ0) is 30.9. The van der Waals surface area contributed by atoms with Crippen LogP contribution in [0.4, 0.5) is 17.6 Å². The minimum absolute atomic E-state index is 0.0599. The van der Waals surface area contributed by atoms with Gasteiger partial charge in [0.1, 0.15) is 5.82 Å². The van der Waals surface area contributed by atoms with Crippen LogP contribution in [0.15, 0.2) is 36.4 Å². The van der Waals surface area contributed by atoms with Gasteiger partial charge in [-0.25, -0.2) is 4.39 Å². The fraction of sp³-hybridized carbons (Fsp3) is 0.548. The largest absolute Gasteiger partial charge is 0.419 e. The summed E-state index contributed by atoms with van der Waals surface area (Å²) in [7, 11) is 1.81. The van der Waals surface area contributed by atoms with E-state index >= 15 is 0 Å². The second-order valence-electron chi connectivity index (χ2n) is 11.9. The summed E-state index contributed by atoms with van der Waals surface area (Å²) in [6, 6.07) is 8.24. The van der Waals surface area contributed by atoms with Crippen LogP contribution < -0.4 is 5.32 Å². The highest BCUT2D eigenvalue weighted by Gasteiger charge is 2.41. The number of nitrogens with zero attached hydrogens (tertiary/aromatic N) is 3. The van der Waals surface area contributed by atoms with Gasteiger partial charge < -0.3 is 15.1 Å². The molecule has 1 N–H and O–H groups in total. The van der Waals surface area contributed by atoms with Gasteiger partial charge in [0.15, 0.2) is 0 Å². The van der Waals surface area contributed by atoms with E-state index in [1.165, 1.54) is 6.07 Å². The third-order valence-electron chi connectivity index (χ3n) is 9.10. The molecule has 0 saturated carbocycles. The Kier molecular flexibility index (Phi) is 9.90. The van der Waals surface area contributed by atoms with E-state index < -0.39 is 17.6 Å². The van der Waals surface area contributed by atoms with Crippen molar-refractivity contribution in [3.63, 3.8) is 0 Å². The van der Waals surface area contributed by atoms with Crippen molar-refractivity contribution in [2.24, 2.45) is 5.92 Å². The molecule has 0 spiro atoms. The van der Waals surface area contributed by atoms with Gasteiger partial charge >= 0.3 is 6.18 Å². The average Bonchev–Trinajstić information content (AvgIpc) is 3.41. The summed E-state index contributed by atoms with van der Waals surface area (Å²) in [6.07, 6.45) is -1.26. The zero-order valence-electron chi connectivity index (χ0n) is 24.0. The Morgan fingerprint density at radius 1 is 1.05 bits per heavy atom. The Morgan fingerprint density at radius 3 is 2.47 bits per heavy atom. The molecule has 5 rings (SSSR count). The lowest BCUT2D eigenvalue weighted by molar-refractivity contribution is -0.146. The molecule has 6 nitrogen and oxygen atoms in total. The fourth-order valence-corrected chi connectivity index (χ4v) is 7.09. The van der Waals surface area contributed by atoms with Crippen LogP contribution in [-0.2, 0) is 22.3 Å². The van der Waals surface area contributed by atoms with Crippen LogP contribution in [0.1, 0.15) is 54.7 Å². The van der Waals surface area contributed by atoms with Gasteiger partial charge in [-0.2, -0.15) is 13.2 Å². The van der Waals surface area contributed by atoms with Crippen LogP contribution in [0, 0.1) is 11.7 Å². The maximum absolute atomic E-state index is 14.3. The number of alkyl halides is 3. The predicted molar refractivity (Wildman–Crippen MR) is 157 cm³/mol.